The Morgan fingerprint density at radius 2 is 1.82 bits per heavy atom. The van der Waals surface area contributed by atoms with E-state index in [0.29, 0.717) is 12.1 Å². The summed E-state index contributed by atoms with van der Waals surface area (Å²) < 4.78 is 1.12. The third kappa shape index (κ3) is 6.20. The van der Waals surface area contributed by atoms with E-state index in [1.165, 1.54) is 5.56 Å². The summed E-state index contributed by atoms with van der Waals surface area (Å²) in [6.07, 6.45) is 2.94. The quantitative estimate of drug-likeness (QED) is 0.811. The molecule has 2 N–H and O–H groups in total. The first-order chi connectivity index (χ1) is 8.11. The van der Waals surface area contributed by atoms with E-state index >= 15 is 0 Å². The molecule has 0 bridgehead atoms. The summed E-state index contributed by atoms with van der Waals surface area (Å²) >= 11 is 3.44. The Bertz CT molecular complexity index is 313. The van der Waals surface area contributed by atoms with E-state index in [4.69, 9.17) is 5.11 Å². The van der Waals surface area contributed by atoms with Gasteiger partial charge in [-0.05, 0) is 50.8 Å². The molecule has 0 fully saturated rings. The first kappa shape index (κ1) is 14.7. The highest BCUT2D eigenvalue weighted by atomic mass is 79.9. The molecule has 2 nitrogen and oxygen atoms in total. The largest absolute Gasteiger partial charge is 0.396 e. The Labute approximate surface area is 113 Å². The average Bonchev–Trinajstić information content (AvgIpc) is 2.29. The molecule has 2 atom stereocenters. The lowest BCUT2D eigenvalue weighted by Gasteiger charge is -2.19. The molecule has 3 heteroatoms. The van der Waals surface area contributed by atoms with Gasteiger partial charge in [-0.15, -0.1) is 0 Å². The minimum absolute atomic E-state index is 0.285. The normalized spacial score (nSPS) is 14.6. The molecule has 1 aromatic carbocycles. The van der Waals surface area contributed by atoms with E-state index in [-0.39, 0.29) is 6.61 Å². The fourth-order valence-electron chi connectivity index (χ4n) is 2.00. The van der Waals surface area contributed by atoms with Crippen LogP contribution in [0.2, 0.25) is 0 Å². The van der Waals surface area contributed by atoms with Gasteiger partial charge in [-0.2, -0.15) is 0 Å². The molecule has 2 unspecified atom stereocenters. The lowest BCUT2D eigenvalue weighted by atomic mass is 10.1. The fourth-order valence-corrected chi connectivity index (χ4v) is 2.26. The molecule has 0 aromatic heterocycles. The van der Waals surface area contributed by atoms with Crippen LogP contribution in [-0.2, 0) is 6.42 Å². The number of rotatable bonds is 7. The summed E-state index contributed by atoms with van der Waals surface area (Å²) in [7, 11) is 0. The van der Waals surface area contributed by atoms with Crippen LogP contribution in [0.15, 0.2) is 28.7 Å². The number of hydrogen-bond donors (Lipinski definition) is 2. The van der Waals surface area contributed by atoms with Gasteiger partial charge in [0.25, 0.3) is 0 Å². The molecular weight excluding hydrogens is 278 g/mol. The maximum absolute atomic E-state index is 8.78. The van der Waals surface area contributed by atoms with Crippen LogP contribution < -0.4 is 5.32 Å². The first-order valence-corrected chi connectivity index (χ1v) is 7.02. The van der Waals surface area contributed by atoms with Crippen molar-refractivity contribution in [3.05, 3.63) is 34.3 Å². The molecule has 0 spiro atoms. The van der Waals surface area contributed by atoms with Crippen molar-refractivity contribution in [3.8, 4) is 0 Å². The zero-order valence-corrected chi connectivity index (χ0v) is 12.2. The molecule has 0 saturated carbocycles. The summed E-state index contributed by atoms with van der Waals surface area (Å²) in [6, 6.07) is 9.40. The van der Waals surface area contributed by atoms with Gasteiger partial charge in [0.2, 0.25) is 0 Å². The summed E-state index contributed by atoms with van der Waals surface area (Å²) in [5, 5.41) is 12.3. The van der Waals surface area contributed by atoms with Crippen molar-refractivity contribution >= 4 is 15.9 Å². The summed E-state index contributed by atoms with van der Waals surface area (Å²) in [6.45, 7) is 4.67. The maximum atomic E-state index is 8.78. The number of aliphatic hydroxyl groups is 1. The van der Waals surface area contributed by atoms with Crippen molar-refractivity contribution in [2.24, 2.45) is 0 Å². The Balaban J connectivity index is 2.33. The highest BCUT2D eigenvalue weighted by molar-refractivity contribution is 9.10. The van der Waals surface area contributed by atoms with Crippen molar-refractivity contribution in [3.63, 3.8) is 0 Å². The molecule has 1 rings (SSSR count). The lowest BCUT2D eigenvalue weighted by Crippen LogP contribution is -2.35. The van der Waals surface area contributed by atoms with E-state index in [1.807, 2.05) is 0 Å². The third-order valence-corrected chi connectivity index (χ3v) is 3.35. The van der Waals surface area contributed by atoms with Crippen LogP contribution in [-0.4, -0.2) is 23.8 Å². The first-order valence-electron chi connectivity index (χ1n) is 6.23. The molecule has 0 amide bonds. The lowest BCUT2D eigenvalue weighted by molar-refractivity contribution is 0.274. The topological polar surface area (TPSA) is 32.3 Å². The number of hydrogen-bond acceptors (Lipinski definition) is 2. The van der Waals surface area contributed by atoms with Crippen molar-refractivity contribution in [2.75, 3.05) is 6.61 Å². The number of aliphatic hydroxyl groups excluding tert-OH is 1. The Hall–Kier alpha value is -0.380. The smallest absolute Gasteiger partial charge is 0.0431 e. The summed E-state index contributed by atoms with van der Waals surface area (Å²) in [5.41, 5.74) is 1.35. The van der Waals surface area contributed by atoms with Crippen molar-refractivity contribution in [2.45, 2.75) is 45.2 Å². The van der Waals surface area contributed by atoms with Crippen molar-refractivity contribution in [1.82, 2.24) is 5.32 Å². The molecule has 0 aliphatic heterocycles. The van der Waals surface area contributed by atoms with Gasteiger partial charge in [0.05, 0.1) is 0 Å². The molecule has 0 radical (unpaired) electrons. The van der Waals surface area contributed by atoms with Gasteiger partial charge in [-0.3, -0.25) is 0 Å². The van der Waals surface area contributed by atoms with E-state index in [2.05, 4.69) is 59.4 Å². The second kappa shape index (κ2) is 7.85. The predicted molar refractivity (Wildman–Crippen MR) is 76.2 cm³/mol. The number of nitrogens with one attached hydrogen (secondary N) is 1. The van der Waals surface area contributed by atoms with E-state index in [9.17, 15) is 0 Å². The summed E-state index contributed by atoms with van der Waals surface area (Å²) in [4.78, 5) is 0. The highest BCUT2D eigenvalue weighted by Crippen LogP contribution is 2.12. The molecule has 0 heterocycles. The average molecular weight is 300 g/mol. The number of benzene rings is 1. The van der Waals surface area contributed by atoms with Gasteiger partial charge < -0.3 is 10.4 Å². The van der Waals surface area contributed by atoms with Crippen LogP contribution in [0.5, 0.6) is 0 Å². The van der Waals surface area contributed by atoms with Gasteiger partial charge in [0.15, 0.2) is 0 Å². The standard InChI is InChI=1S/C14H22BrNO/c1-11(4-3-9-17)16-12(2)10-13-5-7-14(15)8-6-13/h5-8,11-12,16-17H,3-4,9-10H2,1-2H3. The van der Waals surface area contributed by atoms with Gasteiger partial charge in [-0.1, -0.05) is 28.1 Å². The van der Waals surface area contributed by atoms with Crippen LogP contribution >= 0.6 is 15.9 Å². The molecule has 0 aliphatic carbocycles. The second-order valence-electron chi connectivity index (χ2n) is 4.67. The molecule has 0 saturated heterocycles. The predicted octanol–water partition coefficient (Wildman–Crippen LogP) is 3.13. The molecular formula is C14H22BrNO. The Kier molecular flexibility index (Phi) is 6.78. The van der Waals surface area contributed by atoms with Crippen LogP contribution in [0.1, 0.15) is 32.3 Å². The molecule has 1 aromatic rings. The van der Waals surface area contributed by atoms with Crippen LogP contribution in [0.4, 0.5) is 0 Å². The van der Waals surface area contributed by atoms with E-state index < -0.39 is 0 Å². The Morgan fingerprint density at radius 3 is 2.41 bits per heavy atom. The minimum Gasteiger partial charge on any atom is -0.396 e. The highest BCUT2D eigenvalue weighted by Gasteiger charge is 2.07. The SMILES string of the molecule is CC(CCCO)NC(C)Cc1ccc(Br)cc1. The van der Waals surface area contributed by atoms with Gasteiger partial charge >= 0.3 is 0 Å². The Morgan fingerprint density at radius 1 is 1.18 bits per heavy atom. The fraction of sp³-hybridized carbons (Fsp3) is 0.571. The van der Waals surface area contributed by atoms with Crippen LogP contribution in [0.3, 0.4) is 0 Å². The van der Waals surface area contributed by atoms with E-state index in [1.54, 1.807) is 0 Å². The zero-order valence-electron chi connectivity index (χ0n) is 10.6. The third-order valence-electron chi connectivity index (χ3n) is 2.82. The van der Waals surface area contributed by atoms with Crippen molar-refractivity contribution in [1.29, 1.82) is 0 Å². The maximum Gasteiger partial charge on any atom is 0.0431 e. The van der Waals surface area contributed by atoms with Gasteiger partial charge in [0.1, 0.15) is 0 Å². The monoisotopic (exact) mass is 299 g/mol. The molecule has 96 valence electrons. The van der Waals surface area contributed by atoms with E-state index in [0.717, 1.165) is 23.7 Å². The van der Waals surface area contributed by atoms with Crippen LogP contribution in [0.25, 0.3) is 0 Å². The minimum atomic E-state index is 0.285. The second-order valence-corrected chi connectivity index (χ2v) is 5.58. The molecule has 0 aliphatic rings. The molecule has 17 heavy (non-hydrogen) atoms. The zero-order chi connectivity index (χ0) is 12.7. The van der Waals surface area contributed by atoms with Crippen LogP contribution in [0, 0.1) is 0 Å². The van der Waals surface area contributed by atoms with Crippen molar-refractivity contribution < 1.29 is 5.11 Å². The van der Waals surface area contributed by atoms with Gasteiger partial charge in [-0.25, -0.2) is 0 Å². The number of halogens is 1. The summed E-state index contributed by atoms with van der Waals surface area (Å²) in [5.74, 6) is 0. The van der Waals surface area contributed by atoms with Gasteiger partial charge in [0, 0.05) is 23.2 Å².